The number of halogens is 2. The van der Waals surface area contributed by atoms with Crippen LogP contribution in [0, 0.1) is 5.82 Å². The maximum atomic E-state index is 13.2. The van der Waals surface area contributed by atoms with E-state index in [0.29, 0.717) is 0 Å². The smallest absolute Gasteiger partial charge is 0.287 e. The molecule has 1 aromatic heterocycles. The van der Waals surface area contributed by atoms with Crippen LogP contribution in [0.3, 0.4) is 0 Å². The zero-order chi connectivity index (χ0) is 17.3. The average Bonchev–Trinajstić information content (AvgIpc) is 2.55. The third-order valence-electron chi connectivity index (χ3n) is 3.63. The van der Waals surface area contributed by atoms with Crippen molar-refractivity contribution in [1.29, 1.82) is 0 Å². The molecule has 1 atom stereocenters. The van der Waals surface area contributed by atoms with Gasteiger partial charge in [0.2, 0.25) is 0 Å². The highest BCUT2D eigenvalue weighted by Crippen LogP contribution is 2.18. The number of hydrogen-bond acceptors (Lipinski definition) is 3. The Bertz CT molecular complexity index is 966. The van der Waals surface area contributed by atoms with Crippen LogP contribution in [0.15, 0.2) is 62.2 Å². The Morgan fingerprint density at radius 2 is 1.88 bits per heavy atom. The normalized spacial score (nSPS) is 12.1. The first-order valence-electron chi connectivity index (χ1n) is 7.24. The van der Waals surface area contributed by atoms with Crippen molar-refractivity contribution in [2.45, 2.75) is 13.0 Å². The van der Waals surface area contributed by atoms with Gasteiger partial charge in [-0.15, -0.1) is 0 Å². The quantitative estimate of drug-likeness (QED) is 0.730. The van der Waals surface area contributed by atoms with Gasteiger partial charge < -0.3 is 9.73 Å². The van der Waals surface area contributed by atoms with Crippen molar-refractivity contribution < 1.29 is 13.6 Å². The third-order valence-corrected chi connectivity index (χ3v) is 4.16. The summed E-state index contributed by atoms with van der Waals surface area (Å²) in [5.41, 5.74) is 0.624. The topological polar surface area (TPSA) is 59.3 Å². The van der Waals surface area contributed by atoms with Crippen molar-refractivity contribution in [3.8, 4) is 0 Å². The highest BCUT2D eigenvalue weighted by molar-refractivity contribution is 9.10. The van der Waals surface area contributed by atoms with Crippen LogP contribution in [-0.2, 0) is 0 Å². The van der Waals surface area contributed by atoms with Gasteiger partial charge in [-0.2, -0.15) is 0 Å². The number of hydrogen-bond donors (Lipinski definition) is 1. The van der Waals surface area contributed by atoms with E-state index in [0.717, 1.165) is 22.2 Å². The number of rotatable bonds is 3. The van der Waals surface area contributed by atoms with Crippen LogP contribution in [0.2, 0.25) is 0 Å². The minimum atomic E-state index is -0.532. The molecule has 0 spiro atoms. The van der Waals surface area contributed by atoms with Gasteiger partial charge in [-0.1, -0.05) is 28.1 Å². The molecule has 0 aliphatic carbocycles. The Hall–Kier alpha value is -2.47. The minimum Gasteiger partial charge on any atom is -0.451 e. The summed E-state index contributed by atoms with van der Waals surface area (Å²) in [6.07, 6.45) is 0. The van der Waals surface area contributed by atoms with E-state index in [9.17, 15) is 14.0 Å². The van der Waals surface area contributed by atoms with E-state index in [1.54, 1.807) is 0 Å². The summed E-state index contributed by atoms with van der Waals surface area (Å²) in [5.74, 6) is -1.15. The van der Waals surface area contributed by atoms with E-state index >= 15 is 0 Å². The van der Waals surface area contributed by atoms with Gasteiger partial charge >= 0.3 is 0 Å². The summed E-state index contributed by atoms with van der Waals surface area (Å²) in [5, 5.41) is 2.88. The van der Waals surface area contributed by atoms with Gasteiger partial charge in [0, 0.05) is 10.5 Å². The minimum absolute atomic E-state index is 0.104. The molecule has 0 bridgehead atoms. The highest BCUT2D eigenvalue weighted by Gasteiger charge is 2.16. The molecule has 3 aromatic rings. The lowest BCUT2D eigenvalue weighted by Gasteiger charge is -2.14. The van der Waals surface area contributed by atoms with Crippen molar-refractivity contribution in [3.05, 3.63) is 80.4 Å². The molecule has 3 rings (SSSR count). The molecule has 1 N–H and O–H groups in total. The fourth-order valence-electron chi connectivity index (χ4n) is 2.34. The number of amides is 1. The van der Waals surface area contributed by atoms with Crippen LogP contribution in [0.25, 0.3) is 11.0 Å². The van der Waals surface area contributed by atoms with E-state index in [1.807, 2.05) is 31.2 Å². The van der Waals surface area contributed by atoms with Crippen LogP contribution in [0.4, 0.5) is 4.39 Å². The summed E-state index contributed by atoms with van der Waals surface area (Å²) < 4.78 is 19.6. The molecule has 0 aliphatic heterocycles. The van der Waals surface area contributed by atoms with Crippen LogP contribution in [0.5, 0.6) is 0 Å². The lowest BCUT2D eigenvalue weighted by atomic mass is 10.1. The second-order valence-electron chi connectivity index (χ2n) is 5.36. The summed E-state index contributed by atoms with van der Waals surface area (Å²) in [4.78, 5) is 24.4. The number of carbonyl (C=O) groups excluding carboxylic acids is 1. The molecular weight excluding hydrogens is 377 g/mol. The Kier molecular flexibility index (Phi) is 4.49. The van der Waals surface area contributed by atoms with Crippen LogP contribution in [0.1, 0.15) is 29.1 Å². The standard InChI is InChI=1S/C18H13BrFNO3/c1-10(11-2-4-12(19)5-3-11)21-18(23)17-9-15(22)14-8-13(20)6-7-16(14)24-17/h2-10H,1H3,(H,21,23)/t10-/m1/s1. The summed E-state index contributed by atoms with van der Waals surface area (Å²) in [7, 11) is 0. The number of nitrogens with one attached hydrogen (secondary N) is 1. The van der Waals surface area contributed by atoms with Crippen molar-refractivity contribution >= 4 is 32.8 Å². The average molecular weight is 390 g/mol. The predicted molar refractivity (Wildman–Crippen MR) is 92.5 cm³/mol. The van der Waals surface area contributed by atoms with Crippen molar-refractivity contribution in [1.82, 2.24) is 5.32 Å². The van der Waals surface area contributed by atoms with Crippen molar-refractivity contribution in [2.75, 3.05) is 0 Å². The Morgan fingerprint density at radius 3 is 2.58 bits per heavy atom. The molecule has 0 aliphatic rings. The van der Waals surface area contributed by atoms with E-state index in [2.05, 4.69) is 21.2 Å². The molecule has 24 heavy (non-hydrogen) atoms. The van der Waals surface area contributed by atoms with E-state index in [4.69, 9.17) is 4.42 Å². The van der Waals surface area contributed by atoms with Crippen LogP contribution < -0.4 is 10.7 Å². The van der Waals surface area contributed by atoms with Gasteiger partial charge in [0.25, 0.3) is 5.91 Å². The van der Waals surface area contributed by atoms with Gasteiger partial charge in [-0.25, -0.2) is 4.39 Å². The molecule has 1 heterocycles. The Labute approximate surface area is 145 Å². The number of benzene rings is 2. The fourth-order valence-corrected chi connectivity index (χ4v) is 2.61. The molecule has 6 heteroatoms. The molecule has 122 valence electrons. The zero-order valence-corrected chi connectivity index (χ0v) is 14.3. The molecule has 4 nitrogen and oxygen atoms in total. The number of carbonyl (C=O) groups is 1. The molecule has 0 radical (unpaired) electrons. The largest absolute Gasteiger partial charge is 0.451 e. The molecule has 0 saturated heterocycles. The van der Waals surface area contributed by atoms with Gasteiger partial charge in [0.05, 0.1) is 11.4 Å². The van der Waals surface area contributed by atoms with Gasteiger partial charge in [0.1, 0.15) is 11.4 Å². The van der Waals surface area contributed by atoms with E-state index in [1.165, 1.54) is 12.1 Å². The first kappa shape index (κ1) is 16.4. The summed E-state index contributed by atoms with van der Waals surface area (Å²) in [6, 6.07) is 11.9. The summed E-state index contributed by atoms with van der Waals surface area (Å²) in [6.45, 7) is 1.83. The third kappa shape index (κ3) is 3.38. The zero-order valence-electron chi connectivity index (χ0n) is 12.7. The van der Waals surface area contributed by atoms with E-state index in [-0.39, 0.29) is 22.8 Å². The summed E-state index contributed by atoms with van der Waals surface area (Å²) >= 11 is 3.35. The van der Waals surface area contributed by atoms with E-state index < -0.39 is 17.2 Å². The predicted octanol–water partition coefficient (Wildman–Crippen LogP) is 4.19. The molecule has 0 fully saturated rings. The lowest BCUT2D eigenvalue weighted by Crippen LogP contribution is -2.27. The first-order valence-corrected chi connectivity index (χ1v) is 8.03. The van der Waals surface area contributed by atoms with Gasteiger partial charge in [-0.05, 0) is 42.8 Å². The number of fused-ring (bicyclic) bond motifs is 1. The van der Waals surface area contributed by atoms with Gasteiger partial charge in [0.15, 0.2) is 11.2 Å². The maximum absolute atomic E-state index is 13.2. The molecular formula is C18H13BrFNO3. The second kappa shape index (κ2) is 6.57. The van der Waals surface area contributed by atoms with Crippen LogP contribution >= 0.6 is 15.9 Å². The molecule has 2 aromatic carbocycles. The molecule has 0 saturated carbocycles. The first-order chi connectivity index (χ1) is 11.4. The fraction of sp³-hybridized carbons (Fsp3) is 0.111. The van der Waals surface area contributed by atoms with Crippen molar-refractivity contribution in [3.63, 3.8) is 0 Å². The monoisotopic (exact) mass is 389 g/mol. The SMILES string of the molecule is C[C@@H](NC(=O)c1cc(=O)c2cc(F)ccc2o1)c1ccc(Br)cc1. The highest BCUT2D eigenvalue weighted by atomic mass is 79.9. The maximum Gasteiger partial charge on any atom is 0.287 e. The molecule has 1 amide bonds. The lowest BCUT2D eigenvalue weighted by molar-refractivity contribution is 0.0912. The van der Waals surface area contributed by atoms with Gasteiger partial charge in [-0.3, -0.25) is 9.59 Å². The molecule has 0 unspecified atom stereocenters. The van der Waals surface area contributed by atoms with Crippen LogP contribution in [-0.4, -0.2) is 5.91 Å². The second-order valence-corrected chi connectivity index (χ2v) is 6.28. The van der Waals surface area contributed by atoms with Crippen molar-refractivity contribution in [2.24, 2.45) is 0 Å². The Balaban J connectivity index is 1.87. The Morgan fingerprint density at radius 1 is 1.17 bits per heavy atom.